The van der Waals surface area contributed by atoms with E-state index in [1.807, 2.05) is 6.20 Å². The van der Waals surface area contributed by atoms with Crippen LogP contribution < -0.4 is 0 Å². The highest BCUT2D eigenvalue weighted by Crippen LogP contribution is 2.38. The fourth-order valence-corrected chi connectivity index (χ4v) is 3.14. The van der Waals surface area contributed by atoms with Gasteiger partial charge in [-0.25, -0.2) is 0 Å². The monoisotopic (exact) mass is 263 g/mol. The predicted molar refractivity (Wildman–Crippen MR) is 85.9 cm³/mol. The third-order valence-electron chi connectivity index (χ3n) is 4.42. The summed E-state index contributed by atoms with van der Waals surface area (Å²) in [5.74, 6) is 0.891. The van der Waals surface area contributed by atoms with E-state index in [4.69, 9.17) is 4.98 Å². The lowest BCUT2D eigenvalue weighted by Crippen LogP contribution is -2.14. The van der Waals surface area contributed by atoms with Crippen molar-refractivity contribution >= 4 is 10.8 Å². The number of fused-ring (bicyclic) bond motifs is 1. The number of benzene rings is 1. The molecule has 102 valence electrons. The van der Waals surface area contributed by atoms with Gasteiger partial charge in [-0.1, -0.05) is 47.9 Å². The normalized spacial score (nSPS) is 22.6. The average molecular weight is 263 g/mol. The molecule has 0 saturated heterocycles. The molecule has 3 rings (SSSR count). The Kier molecular flexibility index (Phi) is 3.21. The van der Waals surface area contributed by atoms with E-state index in [2.05, 4.69) is 64.1 Å². The highest BCUT2D eigenvalue weighted by molar-refractivity contribution is 5.85. The lowest BCUT2D eigenvalue weighted by Gasteiger charge is -2.27. The largest absolute Gasteiger partial charge is 0.260 e. The summed E-state index contributed by atoms with van der Waals surface area (Å²) in [5.41, 5.74) is 5.30. The van der Waals surface area contributed by atoms with Gasteiger partial charge in [-0.15, -0.1) is 0 Å². The molecule has 1 aromatic carbocycles. The molecule has 0 fully saturated rings. The first-order valence-corrected chi connectivity index (χ1v) is 7.28. The van der Waals surface area contributed by atoms with Crippen molar-refractivity contribution < 1.29 is 0 Å². The predicted octanol–water partition coefficient (Wildman–Crippen LogP) is 5.17. The summed E-state index contributed by atoms with van der Waals surface area (Å²) in [4.78, 5) is 4.72. The summed E-state index contributed by atoms with van der Waals surface area (Å²) in [6.45, 7) is 8.85. The molecule has 1 aliphatic rings. The minimum atomic E-state index is 0.380. The highest BCUT2D eigenvalue weighted by atomic mass is 14.7. The van der Waals surface area contributed by atoms with Gasteiger partial charge in [0.15, 0.2) is 0 Å². The molecule has 0 aliphatic heterocycles. The first-order valence-electron chi connectivity index (χ1n) is 7.28. The Hall–Kier alpha value is -1.89. The number of rotatable bonds is 1. The number of hydrogen-bond donors (Lipinski definition) is 0. The molecule has 1 aliphatic carbocycles. The van der Waals surface area contributed by atoms with Crippen LogP contribution in [0.5, 0.6) is 0 Å². The maximum Gasteiger partial charge on any atom is 0.0556 e. The van der Waals surface area contributed by atoms with E-state index in [1.54, 1.807) is 0 Å². The number of pyridine rings is 1. The zero-order chi connectivity index (χ0) is 14.3. The SMILES string of the molecule is CC1=CC(c2nccc3ccc(C)cc23)C(C)C(C)=C1. The van der Waals surface area contributed by atoms with Gasteiger partial charge >= 0.3 is 0 Å². The van der Waals surface area contributed by atoms with Crippen LogP contribution in [0.25, 0.3) is 10.8 Å². The van der Waals surface area contributed by atoms with Crippen molar-refractivity contribution in [1.82, 2.24) is 4.98 Å². The number of hydrogen-bond acceptors (Lipinski definition) is 1. The van der Waals surface area contributed by atoms with Gasteiger partial charge in [0.2, 0.25) is 0 Å². The second-order valence-corrected chi connectivity index (χ2v) is 6.03. The van der Waals surface area contributed by atoms with Crippen molar-refractivity contribution in [1.29, 1.82) is 0 Å². The molecule has 0 N–H and O–H groups in total. The average Bonchev–Trinajstić information content (AvgIpc) is 2.42. The van der Waals surface area contributed by atoms with Gasteiger partial charge in [-0.2, -0.15) is 0 Å². The van der Waals surface area contributed by atoms with Gasteiger partial charge in [-0.3, -0.25) is 4.98 Å². The number of aromatic nitrogens is 1. The second-order valence-electron chi connectivity index (χ2n) is 6.03. The van der Waals surface area contributed by atoms with Gasteiger partial charge in [0.1, 0.15) is 0 Å². The van der Waals surface area contributed by atoms with Crippen molar-refractivity contribution in [3.63, 3.8) is 0 Å². The van der Waals surface area contributed by atoms with Crippen LogP contribution in [0.15, 0.2) is 53.8 Å². The minimum absolute atomic E-state index is 0.380. The van der Waals surface area contributed by atoms with Crippen molar-refractivity contribution in [3.05, 3.63) is 65.0 Å². The Balaban J connectivity index is 2.20. The zero-order valence-corrected chi connectivity index (χ0v) is 12.6. The van der Waals surface area contributed by atoms with Crippen LogP contribution in [0.1, 0.15) is 37.9 Å². The molecule has 0 saturated carbocycles. The van der Waals surface area contributed by atoms with Gasteiger partial charge in [0.05, 0.1) is 5.69 Å². The van der Waals surface area contributed by atoms with Crippen LogP contribution in [-0.4, -0.2) is 4.98 Å². The Morgan fingerprint density at radius 1 is 1.05 bits per heavy atom. The van der Waals surface area contributed by atoms with Gasteiger partial charge in [0.25, 0.3) is 0 Å². The smallest absolute Gasteiger partial charge is 0.0556 e. The summed E-state index contributed by atoms with van der Waals surface area (Å²) >= 11 is 0. The minimum Gasteiger partial charge on any atom is -0.260 e. The molecule has 2 unspecified atom stereocenters. The van der Waals surface area contributed by atoms with E-state index >= 15 is 0 Å². The lowest BCUT2D eigenvalue weighted by atomic mass is 9.79. The van der Waals surface area contributed by atoms with Crippen molar-refractivity contribution in [3.8, 4) is 0 Å². The van der Waals surface area contributed by atoms with Crippen LogP contribution >= 0.6 is 0 Å². The van der Waals surface area contributed by atoms with Crippen molar-refractivity contribution in [2.24, 2.45) is 5.92 Å². The van der Waals surface area contributed by atoms with Crippen LogP contribution in [0, 0.1) is 12.8 Å². The molecule has 1 heteroatoms. The summed E-state index contributed by atoms with van der Waals surface area (Å²) in [6.07, 6.45) is 6.59. The lowest BCUT2D eigenvalue weighted by molar-refractivity contribution is 0.585. The van der Waals surface area contributed by atoms with Gasteiger partial charge < -0.3 is 0 Å². The Morgan fingerprint density at radius 2 is 1.85 bits per heavy atom. The van der Waals surface area contributed by atoms with E-state index in [1.165, 1.54) is 33.2 Å². The third-order valence-corrected chi connectivity index (χ3v) is 4.42. The third kappa shape index (κ3) is 2.18. The molecule has 2 aromatic rings. The maximum absolute atomic E-state index is 4.72. The van der Waals surface area contributed by atoms with E-state index in [0.29, 0.717) is 11.8 Å². The van der Waals surface area contributed by atoms with E-state index in [-0.39, 0.29) is 0 Å². The summed E-state index contributed by atoms with van der Waals surface area (Å²) in [7, 11) is 0. The summed E-state index contributed by atoms with van der Waals surface area (Å²) in [6, 6.07) is 8.73. The van der Waals surface area contributed by atoms with Gasteiger partial charge in [0, 0.05) is 17.5 Å². The standard InChI is InChI=1S/C19H21N/c1-12-5-6-16-7-8-20-19(18(16)10-12)17-11-13(2)9-14(3)15(17)4/h5-11,15,17H,1-4H3. The van der Waals surface area contributed by atoms with Crippen LogP contribution in [0.4, 0.5) is 0 Å². The first kappa shape index (κ1) is 13.1. The molecule has 2 atom stereocenters. The van der Waals surface area contributed by atoms with E-state index in [0.717, 1.165) is 0 Å². The first-order chi connectivity index (χ1) is 9.56. The van der Waals surface area contributed by atoms with Crippen molar-refractivity contribution in [2.75, 3.05) is 0 Å². The molecular formula is C19H21N. The molecule has 1 heterocycles. The molecule has 0 spiro atoms. The van der Waals surface area contributed by atoms with Crippen LogP contribution in [-0.2, 0) is 0 Å². The summed E-state index contributed by atoms with van der Waals surface area (Å²) in [5, 5.41) is 2.58. The molecule has 1 nitrogen and oxygen atoms in total. The highest BCUT2D eigenvalue weighted by Gasteiger charge is 2.24. The fraction of sp³-hybridized carbons (Fsp3) is 0.316. The fourth-order valence-electron chi connectivity index (χ4n) is 3.14. The van der Waals surface area contributed by atoms with Crippen LogP contribution in [0.2, 0.25) is 0 Å². The second kappa shape index (κ2) is 4.90. The van der Waals surface area contributed by atoms with Gasteiger partial charge in [-0.05, 0) is 44.2 Å². The Bertz CT molecular complexity index is 722. The quantitative estimate of drug-likeness (QED) is 0.691. The Labute approximate surface area is 121 Å². The van der Waals surface area contributed by atoms with Crippen LogP contribution in [0.3, 0.4) is 0 Å². The van der Waals surface area contributed by atoms with Crippen molar-refractivity contribution in [2.45, 2.75) is 33.6 Å². The number of nitrogens with zero attached hydrogens (tertiary/aromatic N) is 1. The zero-order valence-electron chi connectivity index (χ0n) is 12.6. The molecule has 0 bridgehead atoms. The Morgan fingerprint density at radius 3 is 2.65 bits per heavy atom. The number of allylic oxidation sites excluding steroid dienone is 4. The molecule has 0 amide bonds. The summed E-state index contributed by atoms with van der Waals surface area (Å²) < 4.78 is 0. The molecular weight excluding hydrogens is 242 g/mol. The van der Waals surface area contributed by atoms with E-state index < -0.39 is 0 Å². The molecule has 20 heavy (non-hydrogen) atoms. The number of aryl methyl sites for hydroxylation is 1. The topological polar surface area (TPSA) is 12.9 Å². The maximum atomic E-state index is 4.72. The molecule has 0 radical (unpaired) electrons. The molecule has 1 aromatic heterocycles. The van der Waals surface area contributed by atoms with E-state index in [9.17, 15) is 0 Å².